The first-order valence-corrected chi connectivity index (χ1v) is 8.80. The zero-order valence-corrected chi connectivity index (χ0v) is 16.3. The van der Waals surface area contributed by atoms with Gasteiger partial charge < -0.3 is 29.1 Å². The van der Waals surface area contributed by atoms with Crippen molar-refractivity contribution in [3.05, 3.63) is 62.7 Å². The van der Waals surface area contributed by atoms with Crippen LogP contribution in [0.4, 0.5) is 0 Å². The Balaban J connectivity index is 1.81. The van der Waals surface area contributed by atoms with Crippen LogP contribution in [-0.4, -0.2) is 43.3 Å². The topological polar surface area (TPSA) is 112 Å². The summed E-state index contributed by atoms with van der Waals surface area (Å²) in [6.45, 7) is 0.280. The molecule has 9 nitrogen and oxygen atoms in total. The number of hydrogen-bond donors (Lipinski definition) is 2. The van der Waals surface area contributed by atoms with Gasteiger partial charge >= 0.3 is 11.1 Å². The number of para-hydroxylation sites is 2. The fourth-order valence-corrected chi connectivity index (χ4v) is 3.04. The Hall–Kier alpha value is -3.75. The lowest BCUT2D eigenvalue weighted by atomic mass is 10.1. The molecule has 0 bridgehead atoms. The molecule has 0 unspecified atom stereocenters. The van der Waals surface area contributed by atoms with E-state index >= 15 is 0 Å². The van der Waals surface area contributed by atoms with Crippen molar-refractivity contribution in [1.29, 1.82) is 0 Å². The van der Waals surface area contributed by atoms with Crippen molar-refractivity contribution in [2.75, 3.05) is 27.9 Å². The van der Waals surface area contributed by atoms with Gasteiger partial charge in [0.2, 0.25) is 5.75 Å². The highest BCUT2D eigenvalue weighted by Gasteiger charge is 2.17. The van der Waals surface area contributed by atoms with Gasteiger partial charge in [0.1, 0.15) is 0 Å². The van der Waals surface area contributed by atoms with Gasteiger partial charge in [-0.3, -0.25) is 14.4 Å². The fraction of sp³-hybridized carbons (Fsp3) is 0.250. The second-order valence-electron chi connectivity index (χ2n) is 6.10. The first-order valence-electron chi connectivity index (χ1n) is 8.80. The summed E-state index contributed by atoms with van der Waals surface area (Å²) in [6.07, 6.45) is 0. The summed E-state index contributed by atoms with van der Waals surface area (Å²) in [6, 6.07) is 10.0. The molecule has 0 spiro atoms. The fourth-order valence-electron chi connectivity index (χ4n) is 3.04. The maximum Gasteiger partial charge on any atom is 0.316 e. The van der Waals surface area contributed by atoms with E-state index in [2.05, 4.69) is 10.3 Å². The predicted octanol–water partition coefficient (Wildman–Crippen LogP) is 1.15. The van der Waals surface area contributed by atoms with Crippen LogP contribution in [0.25, 0.3) is 11.0 Å². The first kappa shape index (κ1) is 20.0. The minimum absolute atomic E-state index is 0.138. The Morgan fingerprint density at radius 2 is 1.69 bits per heavy atom. The Kier molecular flexibility index (Phi) is 5.87. The Labute approximate surface area is 165 Å². The minimum atomic E-state index is -0.709. The molecule has 0 fully saturated rings. The molecule has 0 aliphatic rings. The number of methoxy groups -OCH3 is 3. The number of H-pyrrole nitrogens is 1. The standard InChI is InChI=1S/C20H21N3O6/c1-27-15-10-12(11-16(28-2)17(15)29-3)18(24)21-8-9-23-14-7-5-4-6-13(14)22-19(25)20(23)26/h4-7,10-11H,8-9H2,1-3H3,(H,21,24)(H,22,25). The molecular weight excluding hydrogens is 378 g/mol. The van der Waals surface area contributed by atoms with Crippen LogP contribution >= 0.6 is 0 Å². The minimum Gasteiger partial charge on any atom is -0.493 e. The predicted molar refractivity (Wildman–Crippen MR) is 107 cm³/mol. The second-order valence-corrected chi connectivity index (χ2v) is 6.10. The molecule has 0 saturated heterocycles. The van der Waals surface area contributed by atoms with E-state index in [1.165, 1.54) is 38.0 Å². The largest absolute Gasteiger partial charge is 0.493 e. The lowest BCUT2D eigenvalue weighted by molar-refractivity contribution is 0.0951. The van der Waals surface area contributed by atoms with Crippen LogP contribution in [0, 0.1) is 0 Å². The van der Waals surface area contributed by atoms with Crippen molar-refractivity contribution in [2.45, 2.75) is 6.54 Å². The summed E-state index contributed by atoms with van der Waals surface area (Å²) in [5.74, 6) is 0.710. The number of amides is 1. The molecule has 0 radical (unpaired) electrons. The van der Waals surface area contributed by atoms with Crippen molar-refractivity contribution in [2.24, 2.45) is 0 Å². The molecule has 1 aromatic heterocycles. The smallest absolute Gasteiger partial charge is 0.316 e. The molecule has 0 atom stereocenters. The summed E-state index contributed by atoms with van der Waals surface area (Å²) in [7, 11) is 4.40. The molecule has 29 heavy (non-hydrogen) atoms. The Morgan fingerprint density at radius 3 is 2.31 bits per heavy atom. The van der Waals surface area contributed by atoms with Crippen LogP contribution in [0.5, 0.6) is 17.2 Å². The highest BCUT2D eigenvalue weighted by Crippen LogP contribution is 2.38. The average molecular weight is 399 g/mol. The van der Waals surface area contributed by atoms with Gasteiger partial charge in [0.15, 0.2) is 11.5 Å². The van der Waals surface area contributed by atoms with Crippen LogP contribution in [-0.2, 0) is 6.54 Å². The summed E-state index contributed by atoms with van der Waals surface area (Å²) >= 11 is 0. The van der Waals surface area contributed by atoms with Gasteiger partial charge in [0, 0.05) is 18.7 Å². The number of ether oxygens (including phenoxy) is 3. The number of aromatic nitrogens is 2. The van der Waals surface area contributed by atoms with Gasteiger partial charge in [-0.1, -0.05) is 12.1 Å². The van der Waals surface area contributed by atoms with Crippen molar-refractivity contribution >= 4 is 16.9 Å². The third-order valence-electron chi connectivity index (χ3n) is 4.43. The number of nitrogens with one attached hydrogen (secondary N) is 2. The number of aromatic amines is 1. The van der Waals surface area contributed by atoms with Gasteiger partial charge in [0.05, 0.1) is 32.4 Å². The lowest BCUT2D eigenvalue weighted by Gasteiger charge is -2.14. The number of benzene rings is 2. The highest BCUT2D eigenvalue weighted by atomic mass is 16.5. The van der Waals surface area contributed by atoms with Crippen LogP contribution in [0.2, 0.25) is 0 Å². The molecule has 152 valence electrons. The van der Waals surface area contributed by atoms with Crippen LogP contribution < -0.4 is 30.6 Å². The van der Waals surface area contributed by atoms with Crippen molar-refractivity contribution in [3.63, 3.8) is 0 Å². The second kappa shape index (κ2) is 8.51. The Morgan fingerprint density at radius 1 is 1.03 bits per heavy atom. The van der Waals surface area contributed by atoms with Gasteiger partial charge in [-0.2, -0.15) is 0 Å². The highest BCUT2D eigenvalue weighted by molar-refractivity contribution is 5.95. The molecule has 0 aliphatic heterocycles. The number of carbonyl (C=O) groups excluding carboxylic acids is 1. The van der Waals surface area contributed by atoms with Gasteiger partial charge in [-0.25, -0.2) is 0 Å². The number of hydrogen-bond acceptors (Lipinski definition) is 6. The summed E-state index contributed by atoms with van der Waals surface area (Å²) < 4.78 is 17.1. The summed E-state index contributed by atoms with van der Waals surface area (Å²) in [4.78, 5) is 39.2. The zero-order valence-electron chi connectivity index (χ0n) is 16.3. The lowest BCUT2D eigenvalue weighted by Crippen LogP contribution is -2.39. The van der Waals surface area contributed by atoms with Crippen molar-refractivity contribution in [3.8, 4) is 17.2 Å². The van der Waals surface area contributed by atoms with E-state index < -0.39 is 11.1 Å². The zero-order chi connectivity index (χ0) is 21.0. The molecule has 2 N–H and O–H groups in total. The number of rotatable bonds is 7. The Bertz CT molecular complexity index is 1140. The molecular formula is C20H21N3O6. The third kappa shape index (κ3) is 3.93. The number of carbonyl (C=O) groups is 1. The van der Waals surface area contributed by atoms with E-state index in [4.69, 9.17) is 14.2 Å². The quantitative estimate of drug-likeness (QED) is 0.577. The van der Waals surface area contributed by atoms with Crippen molar-refractivity contribution < 1.29 is 19.0 Å². The van der Waals surface area contributed by atoms with Gasteiger partial charge in [-0.15, -0.1) is 0 Å². The van der Waals surface area contributed by atoms with E-state index in [1.807, 2.05) is 0 Å². The number of fused-ring (bicyclic) bond motifs is 1. The van der Waals surface area contributed by atoms with Gasteiger partial charge in [-0.05, 0) is 24.3 Å². The van der Waals surface area contributed by atoms with E-state index in [9.17, 15) is 14.4 Å². The maximum absolute atomic E-state index is 12.6. The van der Waals surface area contributed by atoms with Crippen LogP contribution in [0.1, 0.15) is 10.4 Å². The summed E-state index contributed by atoms with van der Waals surface area (Å²) in [5, 5.41) is 2.74. The summed E-state index contributed by atoms with van der Waals surface area (Å²) in [5.41, 5.74) is 0.0557. The van der Waals surface area contributed by atoms with E-state index in [-0.39, 0.29) is 19.0 Å². The molecule has 3 rings (SSSR count). The monoisotopic (exact) mass is 399 g/mol. The number of nitrogens with zero attached hydrogens (tertiary/aromatic N) is 1. The normalized spacial score (nSPS) is 10.6. The first-order chi connectivity index (χ1) is 14.0. The van der Waals surface area contributed by atoms with Crippen molar-refractivity contribution in [1.82, 2.24) is 14.9 Å². The maximum atomic E-state index is 12.6. The van der Waals surface area contributed by atoms with Crippen LogP contribution in [0.3, 0.4) is 0 Å². The third-order valence-corrected chi connectivity index (χ3v) is 4.43. The van der Waals surface area contributed by atoms with Crippen LogP contribution in [0.15, 0.2) is 46.0 Å². The molecule has 1 amide bonds. The van der Waals surface area contributed by atoms with Gasteiger partial charge in [0.25, 0.3) is 5.91 Å². The molecule has 0 aliphatic carbocycles. The molecule has 3 aromatic rings. The SMILES string of the molecule is COc1cc(C(=O)NCCn2c(=O)c(=O)[nH]c3ccccc32)cc(OC)c1OC. The molecule has 0 saturated carbocycles. The van der Waals surface area contributed by atoms with E-state index in [0.29, 0.717) is 33.8 Å². The molecule has 9 heteroatoms. The molecule has 1 heterocycles. The van der Waals surface area contributed by atoms with E-state index in [0.717, 1.165) is 0 Å². The average Bonchev–Trinajstić information content (AvgIpc) is 2.74. The molecule has 2 aromatic carbocycles. The van der Waals surface area contributed by atoms with E-state index in [1.54, 1.807) is 24.3 Å².